The van der Waals surface area contributed by atoms with Crippen LogP contribution in [-0.4, -0.2) is 72.6 Å². The molecule has 216 valence electrons. The molecule has 41 heavy (non-hydrogen) atoms. The smallest absolute Gasteiger partial charge is 0.407 e. The number of fused-ring (bicyclic) bond motifs is 1. The van der Waals surface area contributed by atoms with Crippen LogP contribution in [0.2, 0.25) is 0 Å². The molecule has 1 amide bonds. The zero-order valence-corrected chi connectivity index (χ0v) is 23.2. The van der Waals surface area contributed by atoms with Crippen LogP contribution in [0.15, 0.2) is 53.8 Å². The van der Waals surface area contributed by atoms with E-state index in [-0.39, 0.29) is 29.6 Å². The number of nitrogens with two attached hydrogens (primary N) is 1. The lowest BCUT2D eigenvalue weighted by molar-refractivity contribution is 0.156. The Hall–Kier alpha value is -4.37. The van der Waals surface area contributed by atoms with Gasteiger partial charge in [-0.3, -0.25) is 4.98 Å². The number of benzene rings is 1. The van der Waals surface area contributed by atoms with E-state index in [1.165, 1.54) is 23.9 Å². The fourth-order valence-corrected chi connectivity index (χ4v) is 5.59. The number of nitrogens with one attached hydrogen (secondary N) is 2. The normalized spacial score (nSPS) is 19.3. The number of amides is 1. The first-order valence-electron chi connectivity index (χ1n) is 12.6. The third-order valence-corrected chi connectivity index (χ3v) is 8.04. The average molecular weight is 587 g/mol. The first-order valence-corrected chi connectivity index (χ1v) is 14.5. The van der Waals surface area contributed by atoms with Crippen LogP contribution < -0.4 is 21.3 Å². The topological polar surface area (TPSA) is 157 Å². The second-order valence-corrected chi connectivity index (χ2v) is 11.9. The summed E-state index contributed by atoms with van der Waals surface area (Å²) in [5.74, 6) is -1.87. The van der Waals surface area contributed by atoms with Crippen molar-refractivity contribution < 1.29 is 26.7 Å². The third-order valence-electron chi connectivity index (χ3n) is 6.95. The summed E-state index contributed by atoms with van der Waals surface area (Å²) in [4.78, 5) is 22.0. The van der Waals surface area contributed by atoms with E-state index in [0.29, 0.717) is 24.3 Å². The van der Waals surface area contributed by atoms with Gasteiger partial charge in [0.25, 0.3) is 0 Å². The van der Waals surface area contributed by atoms with Gasteiger partial charge in [-0.1, -0.05) is 6.92 Å². The second kappa shape index (κ2) is 10.9. The standard InChI is InChI=1S/C26H28F2N8O4S/c1-14-12-35(13-19(29)24(14)33-26(37)40-2)22-6-7-30-11-21(22)32-25-31-10-15-4-5-20(34-36(15)25)23-17(27)8-16(9-18(23)28)41(3,38)39/h4-11,14,19,24H,12-13,29H2,1-3H3,(H,31,32)(H,33,37)/t14-,19+,24-/m0/s1. The Morgan fingerprint density at radius 3 is 2.54 bits per heavy atom. The van der Waals surface area contributed by atoms with Gasteiger partial charge in [-0.05, 0) is 36.2 Å². The summed E-state index contributed by atoms with van der Waals surface area (Å²) in [5, 5.41) is 10.4. The minimum atomic E-state index is -3.81. The van der Waals surface area contributed by atoms with E-state index >= 15 is 0 Å². The van der Waals surface area contributed by atoms with E-state index < -0.39 is 38.0 Å². The summed E-state index contributed by atoms with van der Waals surface area (Å²) in [5.41, 5.74) is 7.80. The number of ether oxygens (including phenoxy) is 1. The van der Waals surface area contributed by atoms with Gasteiger partial charge in [0, 0.05) is 31.6 Å². The van der Waals surface area contributed by atoms with Crippen molar-refractivity contribution in [1.29, 1.82) is 0 Å². The molecule has 1 aliphatic heterocycles. The van der Waals surface area contributed by atoms with Crippen LogP contribution in [0.3, 0.4) is 0 Å². The van der Waals surface area contributed by atoms with Gasteiger partial charge in [0.05, 0.1) is 58.6 Å². The van der Waals surface area contributed by atoms with E-state index in [1.807, 2.05) is 13.0 Å². The Morgan fingerprint density at radius 2 is 1.88 bits per heavy atom. The van der Waals surface area contributed by atoms with E-state index in [0.717, 1.165) is 24.1 Å². The highest BCUT2D eigenvalue weighted by atomic mass is 32.2. The molecule has 0 saturated carbocycles. The van der Waals surface area contributed by atoms with Gasteiger partial charge in [0.1, 0.15) is 11.6 Å². The van der Waals surface area contributed by atoms with Crippen LogP contribution in [0.25, 0.3) is 16.8 Å². The number of anilines is 3. The fourth-order valence-electron chi connectivity index (χ4n) is 4.96. The van der Waals surface area contributed by atoms with Crippen molar-refractivity contribution in [3.8, 4) is 11.3 Å². The van der Waals surface area contributed by atoms with Crippen molar-refractivity contribution in [1.82, 2.24) is 24.9 Å². The molecule has 3 atom stereocenters. The van der Waals surface area contributed by atoms with Crippen molar-refractivity contribution in [2.45, 2.75) is 23.9 Å². The molecule has 5 rings (SSSR count). The Bertz CT molecular complexity index is 1700. The Morgan fingerprint density at radius 1 is 1.15 bits per heavy atom. The molecule has 0 unspecified atom stereocenters. The molecule has 1 saturated heterocycles. The van der Waals surface area contributed by atoms with Crippen molar-refractivity contribution in [2.24, 2.45) is 11.7 Å². The maximum Gasteiger partial charge on any atom is 0.407 e. The van der Waals surface area contributed by atoms with Gasteiger partial charge in [0.15, 0.2) is 9.84 Å². The van der Waals surface area contributed by atoms with Crippen LogP contribution >= 0.6 is 0 Å². The SMILES string of the molecule is COC(=O)N[C@@H]1[C@H](N)CN(c2ccncc2Nc2ncc3ccc(-c4c(F)cc(S(C)(=O)=O)cc4F)nn23)C[C@@H]1C. The highest BCUT2D eigenvalue weighted by molar-refractivity contribution is 7.90. The quantitative estimate of drug-likeness (QED) is 0.307. The molecule has 4 heterocycles. The maximum absolute atomic E-state index is 14.9. The number of aromatic nitrogens is 4. The fraction of sp³-hybridized carbons (Fsp3) is 0.308. The summed E-state index contributed by atoms with van der Waals surface area (Å²) in [6, 6.07) is 5.71. The summed E-state index contributed by atoms with van der Waals surface area (Å²) >= 11 is 0. The van der Waals surface area contributed by atoms with Crippen LogP contribution in [0.4, 0.5) is 30.9 Å². The number of alkyl carbamates (subject to hydrolysis) is 1. The third kappa shape index (κ3) is 5.63. The zero-order valence-electron chi connectivity index (χ0n) is 22.4. The molecule has 1 aliphatic rings. The Labute approximate surface area is 234 Å². The van der Waals surface area contributed by atoms with Gasteiger partial charge in [0.2, 0.25) is 5.95 Å². The molecular formula is C26H28F2N8O4S. The molecule has 3 aromatic heterocycles. The molecule has 1 fully saturated rings. The lowest BCUT2D eigenvalue weighted by Crippen LogP contribution is -2.62. The first-order chi connectivity index (χ1) is 19.5. The van der Waals surface area contributed by atoms with Gasteiger partial charge >= 0.3 is 6.09 Å². The minimum absolute atomic E-state index is 0.00535. The van der Waals surface area contributed by atoms with Crippen molar-refractivity contribution >= 4 is 38.8 Å². The number of piperidine rings is 1. The number of halogens is 2. The zero-order chi connectivity index (χ0) is 29.5. The predicted molar refractivity (Wildman–Crippen MR) is 148 cm³/mol. The van der Waals surface area contributed by atoms with Crippen LogP contribution in [0.5, 0.6) is 0 Å². The van der Waals surface area contributed by atoms with Gasteiger partial charge in [-0.25, -0.2) is 27.0 Å². The Balaban J connectivity index is 1.45. The highest BCUT2D eigenvalue weighted by Crippen LogP contribution is 2.32. The number of methoxy groups -OCH3 is 1. The molecular weight excluding hydrogens is 558 g/mol. The number of carbonyl (C=O) groups excluding carboxylic acids is 1. The minimum Gasteiger partial charge on any atom is -0.453 e. The van der Waals surface area contributed by atoms with E-state index in [9.17, 15) is 22.0 Å². The number of sulfone groups is 1. The summed E-state index contributed by atoms with van der Waals surface area (Å²) in [7, 11) is -2.51. The van der Waals surface area contributed by atoms with Crippen molar-refractivity contribution in [2.75, 3.05) is 36.7 Å². The number of rotatable bonds is 6. The van der Waals surface area contributed by atoms with Crippen molar-refractivity contribution in [3.63, 3.8) is 0 Å². The molecule has 12 nitrogen and oxygen atoms in total. The highest BCUT2D eigenvalue weighted by Gasteiger charge is 2.34. The Kier molecular flexibility index (Phi) is 7.48. The number of imidazole rings is 1. The molecule has 0 aliphatic carbocycles. The lowest BCUT2D eigenvalue weighted by atomic mass is 9.90. The van der Waals surface area contributed by atoms with E-state index in [2.05, 4.69) is 30.6 Å². The van der Waals surface area contributed by atoms with Crippen LogP contribution in [-0.2, 0) is 14.6 Å². The van der Waals surface area contributed by atoms with Crippen LogP contribution in [0, 0.1) is 17.6 Å². The lowest BCUT2D eigenvalue weighted by Gasteiger charge is -2.42. The van der Waals surface area contributed by atoms with Crippen LogP contribution in [0.1, 0.15) is 6.92 Å². The molecule has 0 bridgehead atoms. The summed E-state index contributed by atoms with van der Waals surface area (Å²) in [6.07, 6.45) is 5.12. The molecule has 0 radical (unpaired) electrons. The summed E-state index contributed by atoms with van der Waals surface area (Å²) in [6.45, 7) is 2.99. The molecule has 15 heteroatoms. The van der Waals surface area contributed by atoms with Gasteiger partial charge in [-0.15, -0.1) is 0 Å². The predicted octanol–water partition coefficient (Wildman–Crippen LogP) is 2.72. The second-order valence-electron chi connectivity index (χ2n) is 9.90. The average Bonchev–Trinajstić information content (AvgIpc) is 3.31. The molecule has 4 N–H and O–H groups in total. The first kappa shape index (κ1) is 28.2. The number of carbonyl (C=O) groups is 1. The molecule has 0 spiro atoms. The monoisotopic (exact) mass is 586 g/mol. The number of pyridine rings is 1. The van der Waals surface area contributed by atoms with Gasteiger partial charge in [-0.2, -0.15) is 9.61 Å². The number of nitrogens with zero attached hydrogens (tertiary/aromatic N) is 5. The largest absolute Gasteiger partial charge is 0.453 e. The maximum atomic E-state index is 14.9. The van der Waals surface area contributed by atoms with Gasteiger partial charge < -0.3 is 26.0 Å². The summed E-state index contributed by atoms with van der Waals surface area (Å²) < 4.78 is 59.5. The van der Waals surface area contributed by atoms with E-state index in [4.69, 9.17) is 10.5 Å². The molecule has 1 aromatic carbocycles. The molecule has 4 aromatic rings. The van der Waals surface area contributed by atoms with Crippen molar-refractivity contribution in [3.05, 3.63) is 60.6 Å². The number of hydrogen-bond donors (Lipinski definition) is 3. The number of hydrogen-bond acceptors (Lipinski definition) is 10. The van der Waals surface area contributed by atoms with E-state index in [1.54, 1.807) is 18.5 Å².